The van der Waals surface area contributed by atoms with E-state index < -0.39 is 13.7 Å². The normalized spacial score (nSPS) is 19.9. The summed E-state index contributed by atoms with van der Waals surface area (Å²) in [6.45, 7) is 13.2. The second-order valence-corrected chi connectivity index (χ2v) is 17.1. The number of fused-ring (bicyclic) bond motifs is 2. The first-order valence-electron chi connectivity index (χ1n) is 13.2. The first kappa shape index (κ1) is 25.5. The number of carbonyl (C=O) groups excluding carboxylic acids is 1. The summed E-state index contributed by atoms with van der Waals surface area (Å²) in [6.07, 6.45) is 10.5. The van der Waals surface area contributed by atoms with Crippen molar-refractivity contribution in [1.29, 1.82) is 0 Å². The Morgan fingerprint density at radius 3 is 2.28 bits per heavy atom. The standard InChI is InChI=1S/C26H37ClN6O2Si/c1-25(2,3)36(4,5)35-17-19-30-21(27)20-22(31-19)33(23(34)26(20)11-7-8-12-26)18-15-28-24(29-16-18)32-13-9-6-10-14-32/h15-16H,6-14,17H2,1-5H3. The second kappa shape index (κ2) is 9.33. The molecule has 5 rings (SSSR count). The molecule has 2 aromatic heterocycles. The molecule has 1 aliphatic carbocycles. The Morgan fingerprint density at radius 1 is 1.03 bits per heavy atom. The third kappa shape index (κ3) is 4.33. The van der Waals surface area contributed by atoms with Gasteiger partial charge in [0.15, 0.2) is 14.1 Å². The number of amides is 1. The lowest BCUT2D eigenvalue weighted by Crippen LogP contribution is -2.40. The molecule has 4 heterocycles. The molecule has 1 saturated carbocycles. The highest BCUT2D eigenvalue weighted by molar-refractivity contribution is 6.74. The lowest BCUT2D eigenvalue weighted by molar-refractivity contribution is -0.122. The van der Waals surface area contributed by atoms with Gasteiger partial charge in [0.2, 0.25) is 11.9 Å². The van der Waals surface area contributed by atoms with E-state index in [-0.39, 0.29) is 17.6 Å². The molecule has 0 N–H and O–H groups in total. The van der Waals surface area contributed by atoms with Gasteiger partial charge in [-0.3, -0.25) is 9.69 Å². The lowest BCUT2D eigenvalue weighted by atomic mass is 9.81. The summed E-state index contributed by atoms with van der Waals surface area (Å²) < 4.78 is 6.38. The molecule has 1 amide bonds. The predicted molar refractivity (Wildman–Crippen MR) is 144 cm³/mol. The van der Waals surface area contributed by atoms with E-state index in [2.05, 4.69) is 53.7 Å². The van der Waals surface area contributed by atoms with Crippen LogP contribution in [0.3, 0.4) is 0 Å². The van der Waals surface area contributed by atoms with Crippen molar-refractivity contribution in [3.8, 4) is 0 Å². The molecule has 8 nitrogen and oxygen atoms in total. The van der Waals surface area contributed by atoms with E-state index in [1.807, 2.05) is 0 Å². The van der Waals surface area contributed by atoms with Gasteiger partial charge in [0.05, 0.1) is 30.1 Å². The van der Waals surface area contributed by atoms with Crippen molar-refractivity contribution in [2.75, 3.05) is 22.9 Å². The van der Waals surface area contributed by atoms with Gasteiger partial charge in [0.25, 0.3) is 0 Å². The molecule has 0 aromatic carbocycles. The van der Waals surface area contributed by atoms with E-state index >= 15 is 0 Å². The third-order valence-corrected chi connectivity index (χ3v) is 13.3. The lowest BCUT2D eigenvalue weighted by Gasteiger charge is -2.35. The molecule has 10 heteroatoms. The van der Waals surface area contributed by atoms with Crippen molar-refractivity contribution in [3.05, 3.63) is 28.9 Å². The van der Waals surface area contributed by atoms with Crippen molar-refractivity contribution in [1.82, 2.24) is 19.9 Å². The van der Waals surface area contributed by atoms with Gasteiger partial charge in [-0.05, 0) is 50.2 Å². The number of anilines is 3. The molecule has 2 fully saturated rings. The van der Waals surface area contributed by atoms with Crippen molar-refractivity contribution in [2.24, 2.45) is 0 Å². The molecule has 3 aliphatic rings. The van der Waals surface area contributed by atoms with Crippen molar-refractivity contribution in [2.45, 2.75) is 95.9 Å². The molecule has 36 heavy (non-hydrogen) atoms. The minimum absolute atomic E-state index is 0.00277. The smallest absolute Gasteiger partial charge is 0.243 e. The summed E-state index contributed by atoms with van der Waals surface area (Å²) >= 11 is 6.82. The Bertz CT molecular complexity index is 1140. The molecule has 1 spiro atoms. The predicted octanol–water partition coefficient (Wildman–Crippen LogP) is 5.92. The van der Waals surface area contributed by atoms with Crippen LogP contribution in [0.15, 0.2) is 12.4 Å². The Balaban J connectivity index is 1.50. The Hall–Kier alpha value is -2.10. The van der Waals surface area contributed by atoms with Gasteiger partial charge in [0.1, 0.15) is 11.0 Å². The number of hydrogen-bond acceptors (Lipinski definition) is 7. The van der Waals surface area contributed by atoms with Crippen molar-refractivity contribution < 1.29 is 9.22 Å². The Morgan fingerprint density at radius 2 is 1.67 bits per heavy atom. The topological polar surface area (TPSA) is 84.3 Å². The molecule has 0 bridgehead atoms. The fraction of sp³-hybridized carbons (Fsp3) is 0.654. The summed E-state index contributed by atoms with van der Waals surface area (Å²) in [5, 5.41) is 0.425. The van der Waals surface area contributed by atoms with Crippen LogP contribution in [0.1, 0.15) is 77.1 Å². The van der Waals surface area contributed by atoms with Crippen LogP contribution in [0.5, 0.6) is 0 Å². The van der Waals surface area contributed by atoms with E-state index in [0.717, 1.165) is 57.2 Å². The van der Waals surface area contributed by atoms with Crippen LogP contribution in [-0.4, -0.2) is 47.2 Å². The van der Waals surface area contributed by atoms with Crippen LogP contribution in [0.2, 0.25) is 23.3 Å². The molecule has 194 valence electrons. The highest BCUT2D eigenvalue weighted by atomic mass is 35.5. The van der Waals surface area contributed by atoms with Crippen LogP contribution in [0, 0.1) is 0 Å². The largest absolute Gasteiger partial charge is 0.409 e. The number of hydrogen-bond donors (Lipinski definition) is 0. The first-order chi connectivity index (χ1) is 17.0. The number of piperidine rings is 1. The van der Waals surface area contributed by atoms with E-state index in [0.29, 0.717) is 28.4 Å². The average molecular weight is 529 g/mol. The van der Waals surface area contributed by atoms with Crippen molar-refractivity contribution in [3.63, 3.8) is 0 Å². The maximum atomic E-state index is 14.0. The summed E-state index contributed by atoms with van der Waals surface area (Å²) in [5.41, 5.74) is 0.705. The van der Waals surface area contributed by atoms with E-state index in [1.165, 1.54) is 6.42 Å². The van der Waals surface area contributed by atoms with Crippen LogP contribution in [0.4, 0.5) is 17.5 Å². The molecule has 2 aliphatic heterocycles. The molecule has 0 radical (unpaired) electrons. The number of halogens is 1. The number of rotatable bonds is 5. The monoisotopic (exact) mass is 528 g/mol. The van der Waals surface area contributed by atoms with Gasteiger partial charge in [-0.2, -0.15) is 0 Å². The molecule has 0 unspecified atom stereocenters. The average Bonchev–Trinajstić information content (AvgIpc) is 3.42. The van der Waals surface area contributed by atoms with Gasteiger partial charge >= 0.3 is 0 Å². The van der Waals surface area contributed by atoms with E-state index in [1.54, 1.807) is 17.3 Å². The zero-order valence-electron chi connectivity index (χ0n) is 22.1. The minimum atomic E-state index is -2.01. The number of nitrogens with zero attached hydrogens (tertiary/aromatic N) is 6. The quantitative estimate of drug-likeness (QED) is 0.351. The van der Waals surface area contributed by atoms with Crippen LogP contribution in [-0.2, 0) is 21.2 Å². The summed E-state index contributed by atoms with van der Waals surface area (Å²) in [6, 6.07) is 0. The minimum Gasteiger partial charge on any atom is -0.409 e. The maximum Gasteiger partial charge on any atom is 0.243 e. The van der Waals surface area contributed by atoms with Crippen LogP contribution >= 0.6 is 11.6 Å². The van der Waals surface area contributed by atoms with Crippen LogP contribution < -0.4 is 9.80 Å². The highest BCUT2D eigenvalue weighted by Gasteiger charge is 2.55. The summed E-state index contributed by atoms with van der Waals surface area (Å²) in [4.78, 5) is 36.6. The van der Waals surface area contributed by atoms with E-state index in [9.17, 15) is 4.79 Å². The Kier molecular flexibility index (Phi) is 6.62. The first-order valence-corrected chi connectivity index (χ1v) is 16.4. The SMILES string of the molecule is CC(C)(C)[Si](C)(C)OCc1nc(Cl)c2c(n1)N(c1cnc(N3CCCCC3)nc1)C(=O)C21CCCC1. The van der Waals surface area contributed by atoms with Crippen LogP contribution in [0.25, 0.3) is 0 Å². The zero-order valence-corrected chi connectivity index (χ0v) is 23.9. The fourth-order valence-corrected chi connectivity index (χ4v) is 6.64. The molecule has 1 saturated heterocycles. The zero-order chi connectivity index (χ0) is 25.7. The fourth-order valence-electron chi connectivity index (χ4n) is 5.35. The van der Waals surface area contributed by atoms with Gasteiger partial charge in [0, 0.05) is 18.7 Å². The van der Waals surface area contributed by atoms with Crippen molar-refractivity contribution >= 4 is 43.3 Å². The van der Waals surface area contributed by atoms with E-state index in [4.69, 9.17) is 21.0 Å². The van der Waals surface area contributed by atoms with Gasteiger partial charge in [-0.1, -0.05) is 45.2 Å². The molecule has 0 atom stereocenters. The summed E-state index contributed by atoms with van der Waals surface area (Å²) in [7, 11) is -2.01. The number of carbonyl (C=O) groups is 1. The Labute approximate surface area is 220 Å². The number of aromatic nitrogens is 4. The van der Waals surface area contributed by atoms with Gasteiger partial charge in [-0.25, -0.2) is 19.9 Å². The molecule has 2 aromatic rings. The molecular weight excluding hydrogens is 492 g/mol. The second-order valence-electron chi connectivity index (χ2n) is 11.9. The van der Waals surface area contributed by atoms with Gasteiger partial charge in [-0.15, -0.1) is 0 Å². The molecular formula is C26H37ClN6O2Si. The third-order valence-electron chi connectivity index (χ3n) is 8.54. The highest BCUT2D eigenvalue weighted by Crippen LogP contribution is 2.54. The maximum absolute atomic E-state index is 14.0. The summed E-state index contributed by atoms with van der Waals surface area (Å²) in [5.74, 6) is 1.78. The van der Waals surface area contributed by atoms with Gasteiger partial charge < -0.3 is 9.33 Å².